The standard InChI is InChI=1S/C28H21N5O/c1-2-10-22(11-3-1)34-23-15-13-20(14-16-23)26-32-27(25-28(33-26)31-18-30-25)29-17-21-9-6-8-19-7-4-5-12-24(19)21/h1-16,18H,17H2,(H2,29,30,31,32,33). The van der Waals surface area contributed by atoms with Crippen molar-refractivity contribution in [2.24, 2.45) is 0 Å². The van der Waals surface area contributed by atoms with Crippen LogP contribution in [0.15, 0.2) is 103 Å². The molecule has 6 aromatic rings. The molecule has 0 spiro atoms. The molecule has 0 fully saturated rings. The Labute approximate surface area is 196 Å². The first kappa shape index (κ1) is 19.9. The lowest BCUT2D eigenvalue weighted by atomic mass is 10.0. The Balaban J connectivity index is 1.29. The largest absolute Gasteiger partial charge is 0.457 e. The number of fused-ring (bicyclic) bond motifs is 2. The third-order valence-electron chi connectivity index (χ3n) is 5.70. The van der Waals surface area contributed by atoms with Gasteiger partial charge in [-0.3, -0.25) is 0 Å². The highest BCUT2D eigenvalue weighted by Gasteiger charge is 2.12. The smallest absolute Gasteiger partial charge is 0.183 e. The van der Waals surface area contributed by atoms with Crippen LogP contribution in [0.5, 0.6) is 11.5 Å². The Bertz CT molecular complexity index is 1570. The topological polar surface area (TPSA) is 75.7 Å². The summed E-state index contributed by atoms with van der Waals surface area (Å²) in [5.74, 6) is 2.87. The molecule has 0 radical (unpaired) electrons. The van der Waals surface area contributed by atoms with Crippen molar-refractivity contribution in [3.63, 3.8) is 0 Å². The number of nitrogens with zero attached hydrogens (tertiary/aromatic N) is 3. The lowest BCUT2D eigenvalue weighted by molar-refractivity contribution is 0.483. The normalized spacial score (nSPS) is 11.1. The Hall–Kier alpha value is -4.71. The van der Waals surface area contributed by atoms with Gasteiger partial charge in [0.1, 0.15) is 17.0 Å². The summed E-state index contributed by atoms with van der Waals surface area (Å²) in [6, 6.07) is 32.2. The second-order valence-corrected chi connectivity index (χ2v) is 7.93. The van der Waals surface area contributed by atoms with E-state index in [0.717, 1.165) is 28.4 Å². The number of ether oxygens (including phenoxy) is 1. The van der Waals surface area contributed by atoms with E-state index in [0.29, 0.717) is 18.0 Å². The van der Waals surface area contributed by atoms with Crippen molar-refractivity contribution in [1.82, 2.24) is 19.9 Å². The quantitative estimate of drug-likeness (QED) is 0.304. The van der Waals surface area contributed by atoms with E-state index in [1.165, 1.54) is 16.3 Å². The van der Waals surface area contributed by atoms with Crippen LogP contribution in [-0.2, 0) is 6.54 Å². The van der Waals surface area contributed by atoms with Crippen LogP contribution in [0.25, 0.3) is 33.3 Å². The fourth-order valence-electron chi connectivity index (χ4n) is 4.01. The molecule has 0 saturated heterocycles. The van der Waals surface area contributed by atoms with Gasteiger partial charge >= 0.3 is 0 Å². The highest BCUT2D eigenvalue weighted by atomic mass is 16.5. The summed E-state index contributed by atoms with van der Waals surface area (Å²) in [6.07, 6.45) is 1.64. The maximum absolute atomic E-state index is 5.90. The molecule has 6 nitrogen and oxygen atoms in total. The average molecular weight is 444 g/mol. The van der Waals surface area contributed by atoms with Crippen molar-refractivity contribution < 1.29 is 4.74 Å². The average Bonchev–Trinajstić information content (AvgIpc) is 3.37. The van der Waals surface area contributed by atoms with Crippen molar-refractivity contribution in [2.75, 3.05) is 5.32 Å². The first-order valence-electron chi connectivity index (χ1n) is 11.1. The van der Waals surface area contributed by atoms with E-state index in [9.17, 15) is 0 Å². The molecule has 2 N–H and O–H groups in total. The summed E-state index contributed by atoms with van der Waals surface area (Å²) in [5, 5.41) is 5.93. The van der Waals surface area contributed by atoms with Crippen molar-refractivity contribution in [3.8, 4) is 22.9 Å². The maximum atomic E-state index is 5.90. The van der Waals surface area contributed by atoms with Gasteiger partial charge in [0.05, 0.1) is 6.33 Å². The summed E-state index contributed by atoms with van der Waals surface area (Å²) in [4.78, 5) is 17.0. The third-order valence-corrected chi connectivity index (χ3v) is 5.70. The minimum atomic E-state index is 0.603. The van der Waals surface area contributed by atoms with Crippen LogP contribution in [0, 0.1) is 0 Å². The maximum Gasteiger partial charge on any atom is 0.183 e. The van der Waals surface area contributed by atoms with Crippen LogP contribution < -0.4 is 10.1 Å². The van der Waals surface area contributed by atoms with Crippen molar-refractivity contribution >= 4 is 27.8 Å². The molecule has 4 aromatic carbocycles. The SMILES string of the molecule is c1ccc(Oc2ccc(-c3nc(NCc4cccc5ccccc45)c4[nH]cnc4n3)cc2)cc1. The number of anilines is 1. The summed E-state index contributed by atoms with van der Waals surface area (Å²) in [7, 11) is 0. The molecule has 2 heterocycles. The highest BCUT2D eigenvalue weighted by Crippen LogP contribution is 2.27. The first-order chi connectivity index (χ1) is 16.8. The van der Waals surface area contributed by atoms with Crippen molar-refractivity contribution in [3.05, 3.63) is 109 Å². The van der Waals surface area contributed by atoms with Gasteiger partial charge in [0.2, 0.25) is 0 Å². The molecule has 0 saturated carbocycles. The number of H-pyrrole nitrogens is 1. The monoisotopic (exact) mass is 443 g/mol. The van der Waals surface area contributed by atoms with Crippen molar-refractivity contribution in [2.45, 2.75) is 6.54 Å². The lowest BCUT2D eigenvalue weighted by Gasteiger charge is -2.11. The number of aromatic amines is 1. The van der Waals surface area contributed by atoms with Gasteiger partial charge in [0.15, 0.2) is 17.3 Å². The van der Waals surface area contributed by atoms with Gasteiger partial charge in [-0.25, -0.2) is 15.0 Å². The van der Waals surface area contributed by atoms with E-state index in [4.69, 9.17) is 9.72 Å². The number of nitrogens with one attached hydrogen (secondary N) is 2. The summed E-state index contributed by atoms with van der Waals surface area (Å²) in [5.41, 5.74) is 3.50. The van der Waals surface area contributed by atoms with Gasteiger partial charge in [-0.1, -0.05) is 60.7 Å². The Morgan fingerprint density at radius 2 is 1.50 bits per heavy atom. The molecule has 0 bridgehead atoms. The molecule has 0 aliphatic rings. The number of rotatable bonds is 6. The molecular formula is C28H21N5O. The molecular weight excluding hydrogens is 422 g/mol. The van der Waals surface area contributed by atoms with Gasteiger partial charge in [-0.15, -0.1) is 0 Å². The molecule has 0 atom stereocenters. The van der Waals surface area contributed by atoms with E-state index < -0.39 is 0 Å². The van der Waals surface area contributed by atoms with E-state index in [1.54, 1.807) is 6.33 Å². The van der Waals surface area contributed by atoms with Crippen LogP contribution in [0.2, 0.25) is 0 Å². The van der Waals surface area contributed by atoms with Crippen LogP contribution in [-0.4, -0.2) is 19.9 Å². The zero-order valence-corrected chi connectivity index (χ0v) is 18.3. The molecule has 6 heteroatoms. The molecule has 0 aliphatic carbocycles. The zero-order chi connectivity index (χ0) is 22.7. The Morgan fingerprint density at radius 3 is 2.38 bits per heavy atom. The van der Waals surface area contributed by atoms with Gasteiger partial charge in [0.25, 0.3) is 0 Å². The molecule has 34 heavy (non-hydrogen) atoms. The van der Waals surface area contributed by atoms with Gasteiger partial charge < -0.3 is 15.0 Å². The Kier molecular flexibility index (Phi) is 5.09. The van der Waals surface area contributed by atoms with E-state index in [1.807, 2.05) is 54.6 Å². The Morgan fingerprint density at radius 1 is 0.735 bits per heavy atom. The minimum Gasteiger partial charge on any atom is -0.457 e. The summed E-state index contributed by atoms with van der Waals surface area (Å²) >= 11 is 0. The van der Waals surface area contributed by atoms with Crippen LogP contribution in [0.4, 0.5) is 5.82 Å². The third kappa shape index (κ3) is 3.93. The summed E-state index contributed by atoms with van der Waals surface area (Å²) < 4.78 is 5.90. The lowest BCUT2D eigenvalue weighted by Crippen LogP contribution is -2.04. The van der Waals surface area contributed by atoms with Crippen LogP contribution in [0.3, 0.4) is 0 Å². The van der Waals surface area contributed by atoms with Gasteiger partial charge in [-0.2, -0.15) is 0 Å². The first-order valence-corrected chi connectivity index (χ1v) is 11.1. The number of aromatic nitrogens is 4. The fraction of sp³-hybridized carbons (Fsp3) is 0.0357. The fourth-order valence-corrected chi connectivity index (χ4v) is 4.01. The molecule has 0 unspecified atom stereocenters. The number of hydrogen-bond acceptors (Lipinski definition) is 5. The van der Waals surface area contributed by atoms with Crippen LogP contribution >= 0.6 is 0 Å². The molecule has 0 aliphatic heterocycles. The minimum absolute atomic E-state index is 0.603. The van der Waals surface area contributed by atoms with Gasteiger partial charge in [0, 0.05) is 12.1 Å². The molecule has 2 aromatic heterocycles. The molecule has 164 valence electrons. The molecule has 6 rings (SSSR count). The highest BCUT2D eigenvalue weighted by molar-refractivity contribution is 5.87. The second kappa shape index (κ2) is 8.67. The summed E-state index contributed by atoms with van der Waals surface area (Å²) in [6.45, 7) is 0.635. The van der Waals surface area contributed by atoms with Gasteiger partial charge in [-0.05, 0) is 52.7 Å². The number of hydrogen-bond donors (Lipinski definition) is 2. The number of para-hydroxylation sites is 1. The van der Waals surface area contributed by atoms with Crippen LogP contribution in [0.1, 0.15) is 5.56 Å². The second-order valence-electron chi connectivity index (χ2n) is 7.93. The number of imidazole rings is 1. The zero-order valence-electron chi connectivity index (χ0n) is 18.3. The van der Waals surface area contributed by atoms with E-state index in [-0.39, 0.29) is 0 Å². The predicted molar refractivity (Wildman–Crippen MR) is 135 cm³/mol. The van der Waals surface area contributed by atoms with E-state index in [2.05, 4.69) is 62.7 Å². The van der Waals surface area contributed by atoms with Crippen molar-refractivity contribution in [1.29, 1.82) is 0 Å². The number of benzene rings is 4. The van der Waals surface area contributed by atoms with E-state index >= 15 is 0 Å². The molecule has 0 amide bonds. The predicted octanol–water partition coefficient (Wildman–Crippen LogP) is 6.58.